The standard InChI is InChI=1S/C12H18F3N5OS/c1-2-8-5-3-4-6-19(8)9(21)7-22-11-18-17-10(20(11)16)12(13,14)15/h8H,2-7,16H2,1H3. The molecule has 0 aromatic carbocycles. The molecule has 22 heavy (non-hydrogen) atoms. The average molecular weight is 337 g/mol. The van der Waals surface area contributed by atoms with E-state index in [9.17, 15) is 18.0 Å². The van der Waals surface area contributed by atoms with E-state index in [0.29, 0.717) is 11.2 Å². The van der Waals surface area contributed by atoms with Gasteiger partial charge >= 0.3 is 6.18 Å². The summed E-state index contributed by atoms with van der Waals surface area (Å²) in [5.41, 5.74) is 0. The molecule has 1 aromatic rings. The number of thioether (sulfide) groups is 1. The Hall–Kier alpha value is -1.45. The first-order valence-corrected chi connectivity index (χ1v) is 8.03. The normalized spacial score (nSPS) is 19.5. The van der Waals surface area contributed by atoms with Gasteiger partial charge in [-0.3, -0.25) is 4.79 Å². The summed E-state index contributed by atoms with van der Waals surface area (Å²) in [6.07, 6.45) is -0.760. The summed E-state index contributed by atoms with van der Waals surface area (Å²) in [4.78, 5) is 14.0. The van der Waals surface area contributed by atoms with E-state index >= 15 is 0 Å². The number of nitrogen functional groups attached to an aromatic ring is 1. The van der Waals surface area contributed by atoms with E-state index in [1.807, 2.05) is 6.92 Å². The highest BCUT2D eigenvalue weighted by molar-refractivity contribution is 7.99. The van der Waals surface area contributed by atoms with E-state index in [-0.39, 0.29) is 22.9 Å². The summed E-state index contributed by atoms with van der Waals surface area (Å²) in [5.74, 6) is 3.96. The SMILES string of the molecule is CCC1CCCCN1C(=O)CSc1nnc(C(F)(F)F)n1N. The van der Waals surface area contributed by atoms with E-state index in [0.717, 1.165) is 37.4 Å². The van der Waals surface area contributed by atoms with Gasteiger partial charge < -0.3 is 10.7 Å². The number of carbonyl (C=O) groups excluding carboxylic acids is 1. The fourth-order valence-corrected chi connectivity index (χ4v) is 3.27. The maximum absolute atomic E-state index is 12.6. The number of amides is 1. The zero-order valence-corrected chi connectivity index (χ0v) is 13.0. The third-order valence-electron chi connectivity index (χ3n) is 3.66. The Bertz CT molecular complexity index is 533. The molecule has 0 radical (unpaired) electrons. The highest BCUT2D eigenvalue weighted by Crippen LogP contribution is 2.29. The number of hydrogen-bond donors (Lipinski definition) is 1. The summed E-state index contributed by atoms with van der Waals surface area (Å²) in [6, 6.07) is 0.211. The lowest BCUT2D eigenvalue weighted by Crippen LogP contribution is -2.44. The Kier molecular flexibility index (Phi) is 5.20. The van der Waals surface area contributed by atoms with Crippen molar-refractivity contribution in [3.63, 3.8) is 0 Å². The van der Waals surface area contributed by atoms with Crippen LogP contribution >= 0.6 is 11.8 Å². The van der Waals surface area contributed by atoms with Crippen molar-refractivity contribution >= 4 is 17.7 Å². The van der Waals surface area contributed by atoms with Gasteiger partial charge in [-0.25, -0.2) is 4.68 Å². The molecule has 2 heterocycles. The molecule has 1 saturated heterocycles. The first kappa shape index (κ1) is 16.9. The van der Waals surface area contributed by atoms with E-state index in [1.165, 1.54) is 0 Å². The van der Waals surface area contributed by atoms with Crippen molar-refractivity contribution < 1.29 is 18.0 Å². The number of hydrogen-bond acceptors (Lipinski definition) is 5. The van der Waals surface area contributed by atoms with Crippen molar-refractivity contribution in [1.29, 1.82) is 0 Å². The van der Waals surface area contributed by atoms with Gasteiger partial charge in [-0.2, -0.15) is 13.2 Å². The van der Waals surface area contributed by atoms with Crippen molar-refractivity contribution in [3.8, 4) is 0 Å². The molecule has 124 valence electrons. The van der Waals surface area contributed by atoms with Gasteiger partial charge in [0.25, 0.3) is 5.82 Å². The molecule has 1 unspecified atom stereocenters. The summed E-state index contributed by atoms with van der Waals surface area (Å²) in [7, 11) is 0. The number of nitrogens with two attached hydrogens (primary N) is 1. The summed E-state index contributed by atoms with van der Waals surface area (Å²) in [6.45, 7) is 2.72. The van der Waals surface area contributed by atoms with Gasteiger partial charge in [0.05, 0.1) is 5.75 Å². The van der Waals surface area contributed by atoms with Crippen molar-refractivity contribution in [2.75, 3.05) is 18.1 Å². The van der Waals surface area contributed by atoms with Crippen LogP contribution in [0.1, 0.15) is 38.4 Å². The summed E-state index contributed by atoms with van der Waals surface area (Å²) < 4.78 is 38.1. The fourth-order valence-electron chi connectivity index (χ4n) is 2.53. The number of nitrogens with zero attached hydrogens (tertiary/aromatic N) is 4. The zero-order valence-electron chi connectivity index (χ0n) is 12.1. The second-order valence-corrected chi connectivity index (χ2v) is 6.05. The lowest BCUT2D eigenvalue weighted by atomic mass is 10.0. The Balaban J connectivity index is 1.98. The lowest BCUT2D eigenvalue weighted by molar-refractivity contribution is -0.146. The molecule has 10 heteroatoms. The van der Waals surface area contributed by atoms with Crippen LogP contribution in [0.3, 0.4) is 0 Å². The zero-order chi connectivity index (χ0) is 16.3. The number of carbonyl (C=O) groups is 1. The van der Waals surface area contributed by atoms with Crippen LogP contribution in [0.15, 0.2) is 5.16 Å². The van der Waals surface area contributed by atoms with Crippen LogP contribution in [0.2, 0.25) is 0 Å². The molecule has 1 aliphatic rings. The van der Waals surface area contributed by atoms with Crippen LogP contribution < -0.4 is 5.84 Å². The molecule has 0 saturated carbocycles. The Morgan fingerprint density at radius 3 is 2.73 bits per heavy atom. The Labute approximate surface area is 130 Å². The largest absolute Gasteiger partial charge is 0.453 e. The van der Waals surface area contributed by atoms with Crippen LogP contribution in [0.4, 0.5) is 13.2 Å². The molecule has 1 aromatic heterocycles. The molecule has 0 aliphatic carbocycles. The quantitative estimate of drug-likeness (QED) is 0.671. The molecule has 1 aliphatic heterocycles. The van der Waals surface area contributed by atoms with Gasteiger partial charge in [-0.05, 0) is 25.7 Å². The van der Waals surface area contributed by atoms with Crippen LogP contribution in [-0.4, -0.2) is 44.0 Å². The lowest BCUT2D eigenvalue weighted by Gasteiger charge is -2.35. The van der Waals surface area contributed by atoms with Gasteiger partial charge in [0.15, 0.2) is 0 Å². The molecule has 2 N–H and O–H groups in total. The monoisotopic (exact) mass is 337 g/mol. The maximum Gasteiger partial charge on any atom is 0.453 e. The minimum atomic E-state index is -4.66. The highest BCUT2D eigenvalue weighted by atomic mass is 32.2. The molecule has 0 spiro atoms. The van der Waals surface area contributed by atoms with E-state index in [1.54, 1.807) is 4.90 Å². The molecular weight excluding hydrogens is 319 g/mol. The third-order valence-corrected chi connectivity index (χ3v) is 4.59. The van der Waals surface area contributed by atoms with Crippen molar-refractivity contribution in [2.24, 2.45) is 0 Å². The molecule has 0 bridgehead atoms. The topological polar surface area (TPSA) is 77.0 Å². The fraction of sp³-hybridized carbons (Fsp3) is 0.750. The summed E-state index contributed by atoms with van der Waals surface area (Å²) >= 11 is 0.871. The van der Waals surface area contributed by atoms with Crippen LogP contribution in [0, 0.1) is 0 Å². The second-order valence-electron chi connectivity index (χ2n) is 5.11. The van der Waals surface area contributed by atoms with Gasteiger partial charge in [-0.1, -0.05) is 18.7 Å². The number of halogens is 3. The Morgan fingerprint density at radius 1 is 1.41 bits per heavy atom. The van der Waals surface area contributed by atoms with Crippen molar-refractivity contribution in [1.82, 2.24) is 19.8 Å². The number of aromatic nitrogens is 3. The van der Waals surface area contributed by atoms with Gasteiger partial charge in [0.2, 0.25) is 11.1 Å². The van der Waals surface area contributed by atoms with Crippen molar-refractivity contribution in [3.05, 3.63) is 5.82 Å². The van der Waals surface area contributed by atoms with E-state index < -0.39 is 12.0 Å². The van der Waals surface area contributed by atoms with Gasteiger partial charge in [-0.15, -0.1) is 10.2 Å². The molecule has 6 nitrogen and oxygen atoms in total. The van der Waals surface area contributed by atoms with E-state index in [4.69, 9.17) is 5.84 Å². The van der Waals surface area contributed by atoms with Crippen LogP contribution in [0.5, 0.6) is 0 Å². The first-order chi connectivity index (χ1) is 10.3. The predicted molar refractivity (Wildman–Crippen MR) is 75.5 cm³/mol. The number of alkyl halides is 3. The summed E-state index contributed by atoms with van der Waals surface area (Å²) in [5, 5.41) is 6.30. The molecule has 1 amide bonds. The maximum atomic E-state index is 12.6. The number of rotatable bonds is 4. The van der Waals surface area contributed by atoms with Crippen molar-refractivity contribution in [2.45, 2.75) is 50.0 Å². The van der Waals surface area contributed by atoms with Gasteiger partial charge in [0.1, 0.15) is 0 Å². The minimum Gasteiger partial charge on any atom is -0.339 e. The molecule has 2 rings (SSSR count). The second kappa shape index (κ2) is 6.76. The number of likely N-dealkylation sites (tertiary alicyclic amines) is 1. The average Bonchev–Trinajstić information content (AvgIpc) is 2.85. The predicted octanol–water partition coefficient (Wildman–Crippen LogP) is 1.89. The molecular formula is C12H18F3N5OS. The Morgan fingerprint density at radius 2 is 2.14 bits per heavy atom. The molecule has 1 atom stereocenters. The molecule has 1 fully saturated rings. The van der Waals surface area contributed by atoms with E-state index in [2.05, 4.69) is 10.2 Å². The van der Waals surface area contributed by atoms with Gasteiger partial charge in [0, 0.05) is 12.6 Å². The third kappa shape index (κ3) is 3.65. The smallest absolute Gasteiger partial charge is 0.339 e. The number of piperidine rings is 1. The first-order valence-electron chi connectivity index (χ1n) is 7.04. The minimum absolute atomic E-state index is 0.00366. The highest BCUT2D eigenvalue weighted by Gasteiger charge is 2.38. The van der Waals surface area contributed by atoms with Crippen LogP contribution in [-0.2, 0) is 11.0 Å². The van der Waals surface area contributed by atoms with Crippen LogP contribution in [0.25, 0.3) is 0 Å².